The Morgan fingerprint density at radius 3 is 2.67 bits per heavy atom. The van der Waals surface area contributed by atoms with Crippen LogP contribution in [0.2, 0.25) is 0 Å². The summed E-state index contributed by atoms with van der Waals surface area (Å²) in [6, 6.07) is 11.3. The topological polar surface area (TPSA) is 90.2 Å². The first-order valence-corrected chi connectivity index (χ1v) is 10.4. The molecule has 3 heterocycles. The first-order chi connectivity index (χ1) is 14.6. The number of benzene rings is 1. The maximum absolute atomic E-state index is 12.8. The molecule has 1 aromatic heterocycles. The molecule has 0 unspecified atom stereocenters. The van der Waals surface area contributed by atoms with Crippen LogP contribution in [-0.2, 0) is 9.59 Å². The number of hydrazine groups is 1. The molecule has 1 fully saturated rings. The Bertz CT molecular complexity index is 901. The molecule has 0 saturated carbocycles. The van der Waals surface area contributed by atoms with E-state index in [1.165, 1.54) is 11.4 Å². The number of aryl methyl sites for hydroxylation is 1. The molecule has 2 aliphatic rings. The van der Waals surface area contributed by atoms with E-state index in [-0.39, 0.29) is 30.2 Å². The van der Waals surface area contributed by atoms with Gasteiger partial charge in [0.15, 0.2) is 0 Å². The van der Waals surface area contributed by atoms with Gasteiger partial charge in [0.05, 0.1) is 18.0 Å². The van der Waals surface area contributed by atoms with Crippen LogP contribution in [0, 0.1) is 6.92 Å². The number of hydrogen-bond acceptors (Lipinski definition) is 6. The molecule has 8 nitrogen and oxygen atoms in total. The third-order valence-electron chi connectivity index (χ3n) is 5.51. The van der Waals surface area contributed by atoms with E-state index in [4.69, 9.17) is 4.42 Å². The zero-order valence-electron chi connectivity index (χ0n) is 17.1. The molecule has 1 aromatic carbocycles. The van der Waals surface area contributed by atoms with Crippen molar-refractivity contribution in [3.63, 3.8) is 0 Å². The fourth-order valence-electron chi connectivity index (χ4n) is 3.84. The van der Waals surface area contributed by atoms with Gasteiger partial charge in [0.1, 0.15) is 12.3 Å². The molecule has 158 valence electrons. The van der Waals surface area contributed by atoms with Crippen LogP contribution in [0.5, 0.6) is 0 Å². The molecule has 2 N–H and O–H groups in total. The van der Waals surface area contributed by atoms with Crippen molar-refractivity contribution in [3.05, 3.63) is 54.0 Å². The number of nitrogens with one attached hydrogen (secondary N) is 2. The van der Waals surface area contributed by atoms with Crippen molar-refractivity contribution < 1.29 is 14.0 Å². The molecule has 0 bridgehead atoms. The predicted molar refractivity (Wildman–Crippen MR) is 114 cm³/mol. The van der Waals surface area contributed by atoms with E-state index in [1.54, 1.807) is 6.26 Å². The van der Waals surface area contributed by atoms with Crippen molar-refractivity contribution in [1.29, 1.82) is 0 Å². The van der Waals surface area contributed by atoms with Crippen LogP contribution in [0.4, 0.5) is 5.69 Å². The summed E-state index contributed by atoms with van der Waals surface area (Å²) in [5, 5.41) is 4.33. The van der Waals surface area contributed by atoms with Crippen LogP contribution in [0.1, 0.15) is 36.6 Å². The summed E-state index contributed by atoms with van der Waals surface area (Å²) in [6.07, 6.45) is 5.18. The third-order valence-corrected chi connectivity index (χ3v) is 5.51. The minimum Gasteiger partial charge on any atom is -0.468 e. The van der Waals surface area contributed by atoms with Crippen molar-refractivity contribution in [2.75, 3.05) is 31.2 Å². The normalized spacial score (nSPS) is 18.5. The van der Waals surface area contributed by atoms with E-state index < -0.39 is 0 Å². The second-order valence-corrected chi connectivity index (χ2v) is 7.68. The highest BCUT2D eigenvalue weighted by molar-refractivity contribution is 6.39. The quantitative estimate of drug-likeness (QED) is 0.763. The number of rotatable bonds is 6. The molecular formula is C22H27N5O3. The molecule has 2 aliphatic heterocycles. The van der Waals surface area contributed by atoms with Gasteiger partial charge in [-0.3, -0.25) is 24.9 Å². The Morgan fingerprint density at radius 1 is 1.20 bits per heavy atom. The van der Waals surface area contributed by atoms with Gasteiger partial charge in [0.25, 0.3) is 11.8 Å². The van der Waals surface area contributed by atoms with Crippen LogP contribution < -0.4 is 15.8 Å². The summed E-state index contributed by atoms with van der Waals surface area (Å²) in [6.45, 7) is 4.28. The Hall–Kier alpha value is -3.13. The van der Waals surface area contributed by atoms with Gasteiger partial charge >= 0.3 is 0 Å². The van der Waals surface area contributed by atoms with Crippen LogP contribution in [0.3, 0.4) is 0 Å². The second kappa shape index (κ2) is 9.13. The first-order valence-electron chi connectivity index (χ1n) is 10.4. The lowest BCUT2D eigenvalue weighted by Gasteiger charge is -2.33. The van der Waals surface area contributed by atoms with Gasteiger partial charge in [-0.05, 0) is 57.1 Å². The lowest BCUT2D eigenvalue weighted by atomic mass is 10.1. The molecule has 4 rings (SSSR count). The maximum atomic E-state index is 12.8. The van der Waals surface area contributed by atoms with Crippen LogP contribution in [-0.4, -0.2) is 48.7 Å². The number of hydrogen-bond donors (Lipinski definition) is 2. The van der Waals surface area contributed by atoms with Crippen LogP contribution >= 0.6 is 0 Å². The standard InChI is InChI=1S/C22H27N5O3/c1-16-7-9-17(10-8-16)27-20(28)15-23-21(25-27)22(29)24-14-18(19-6-5-13-30-19)26-11-3-2-4-12-26/h5-10,13,18H,2-4,11-12,14-15H2,1H3,(H,23,25)(H,24,29)/t18-/m1/s1. The van der Waals surface area contributed by atoms with E-state index in [1.807, 2.05) is 43.3 Å². The second-order valence-electron chi connectivity index (χ2n) is 7.68. The highest BCUT2D eigenvalue weighted by atomic mass is 16.3. The molecule has 0 radical (unpaired) electrons. The fourth-order valence-corrected chi connectivity index (χ4v) is 3.84. The van der Waals surface area contributed by atoms with Gasteiger partial charge < -0.3 is 9.73 Å². The zero-order valence-corrected chi connectivity index (χ0v) is 17.1. The summed E-state index contributed by atoms with van der Waals surface area (Å²) in [5.74, 6) is 0.421. The average Bonchev–Trinajstić information content (AvgIpc) is 3.30. The Labute approximate surface area is 175 Å². The monoisotopic (exact) mass is 409 g/mol. The predicted octanol–water partition coefficient (Wildman–Crippen LogP) is 2.18. The number of likely N-dealkylation sites (tertiary alicyclic amines) is 1. The lowest BCUT2D eigenvalue weighted by molar-refractivity contribution is -0.118. The first kappa shape index (κ1) is 20.2. The Kier molecular flexibility index (Phi) is 6.13. The summed E-state index contributed by atoms with van der Waals surface area (Å²) in [5.41, 5.74) is 4.63. The Balaban J connectivity index is 1.42. The number of nitrogens with zero attached hydrogens (tertiary/aromatic N) is 3. The molecule has 1 atom stereocenters. The van der Waals surface area contributed by atoms with Crippen molar-refractivity contribution >= 4 is 23.3 Å². The van der Waals surface area contributed by atoms with Gasteiger partial charge in [-0.2, -0.15) is 0 Å². The number of amides is 2. The van der Waals surface area contributed by atoms with Crippen molar-refractivity contribution in [3.8, 4) is 0 Å². The third kappa shape index (κ3) is 4.54. The number of carbonyl (C=O) groups excluding carboxylic acids is 2. The molecule has 2 amide bonds. The highest BCUT2D eigenvalue weighted by Gasteiger charge is 2.28. The molecule has 0 aliphatic carbocycles. The van der Waals surface area contributed by atoms with Gasteiger partial charge in [-0.25, -0.2) is 5.01 Å². The minimum absolute atomic E-state index is 0.0247. The summed E-state index contributed by atoms with van der Waals surface area (Å²) < 4.78 is 5.63. The SMILES string of the molecule is Cc1ccc(N2NC(C(=O)NC[C@H](c3ccco3)N3CCCCC3)=NCC2=O)cc1. The molecule has 1 saturated heterocycles. The molecular weight excluding hydrogens is 382 g/mol. The molecule has 30 heavy (non-hydrogen) atoms. The molecule has 0 spiro atoms. The number of furan rings is 1. The van der Waals surface area contributed by atoms with Crippen molar-refractivity contribution in [1.82, 2.24) is 15.6 Å². The largest absolute Gasteiger partial charge is 0.468 e. The number of piperidine rings is 1. The van der Waals surface area contributed by atoms with Gasteiger partial charge in [0.2, 0.25) is 5.84 Å². The number of amidine groups is 1. The van der Waals surface area contributed by atoms with Gasteiger partial charge in [0, 0.05) is 6.54 Å². The molecule has 8 heteroatoms. The van der Waals surface area contributed by atoms with E-state index in [2.05, 4.69) is 20.6 Å². The lowest BCUT2D eigenvalue weighted by Crippen LogP contribution is -2.56. The zero-order chi connectivity index (χ0) is 20.9. The van der Waals surface area contributed by atoms with Gasteiger partial charge in [-0.1, -0.05) is 24.1 Å². The van der Waals surface area contributed by atoms with Gasteiger partial charge in [-0.15, -0.1) is 0 Å². The summed E-state index contributed by atoms with van der Waals surface area (Å²) in [4.78, 5) is 31.6. The number of carbonyl (C=O) groups is 2. The van der Waals surface area contributed by atoms with Crippen molar-refractivity contribution in [2.24, 2.45) is 4.99 Å². The number of aliphatic imine (C=N–C) groups is 1. The Morgan fingerprint density at radius 2 is 1.97 bits per heavy atom. The van der Waals surface area contributed by atoms with Crippen molar-refractivity contribution in [2.45, 2.75) is 32.2 Å². The summed E-state index contributed by atoms with van der Waals surface area (Å²) >= 11 is 0. The fraction of sp³-hybridized carbons (Fsp3) is 0.409. The van der Waals surface area contributed by atoms with E-state index in [0.29, 0.717) is 12.2 Å². The number of anilines is 1. The van der Waals surface area contributed by atoms with E-state index in [9.17, 15) is 9.59 Å². The maximum Gasteiger partial charge on any atom is 0.288 e. The minimum atomic E-state index is -0.340. The van der Waals surface area contributed by atoms with Crippen LogP contribution in [0.25, 0.3) is 0 Å². The molecule has 2 aromatic rings. The van der Waals surface area contributed by atoms with Crippen LogP contribution in [0.15, 0.2) is 52.1 Å². The van der Waals surface area contributed by atoms with E-state index in [0.717, 1.165) is 37.3 Å². The average molecular weight is 409 g/mol. The summed E-state index contributed by atoms with van der Waals surface area (Å²) in [7, 11) is 0. The van der Waals surface area contributed by atoms with E-state index >= 15 is 0 Å². The highest BCUT2D eigenvalue weighted by Crippen LogP contribution is 2.24. The smallest absolute Gasteiger partial charge is 0.288 e.